The number of carboxylic acid groups (broad SMARTS) is 1. The zero-order chi connectivity index (χ0) is 31.9. The van der Waals surface area contributed by atoms with Crippen molar-refractivity contribution in [1.82, 2.24) is 9.88 Å². The smallest absolute Gasteiger partial charge is 0.417 e. The van der Waals surface area contributed by atoms with Crippen LogP contribution in [0.4, 0.5) is 22.0 Å². The number of fused-ring (bicyclic) bond motifs is 2. The van der Waals surface area contributed by atoms with Crippen molar-refractivity contribution in [2.24, 2.45) is 12.8 Å². The van der Waals surface area contributed by atoms with Crippen LogP contribution in [0, 0.1) is 11.6 Å². The van der Waals surface area contributed by atoms with Crippen LogP contribution >= 0.6 is 0 Å². The van der Waals surface area contributed by atoms with Crippen molar-refractivity contribution in [3.05, 3.63) is 117 Å². The first kappa shape index (κ1) is 30.4. The Morgan fingerprint density at radius 3 is 2.20 bits per heavy atom. The number of rotatable bonds is 7. The molecule has 0 fully saturated rings. The minimum atomic E-state index is -4.94. The van der Waals surface area contributed by atoms with Crippen LogP contribution in [0.25, 0.3) is 32.8 Å². The molecule has 226 valence electrons. The second kappa shape index (κ2) is 11.5. The number of alkyl halides is 3. The highest BCUT2D eigenvalue weighted by molar-refractivity contribution is 6.02. The predicted octanol–water partition coefficient (Wildman–Crippen LogP) is 5.54. The van der Waals surface area contributed by atoms with Crippen molar-refractivity contribution in [3.63, 3.8) is 0 Å². The first-order valence-electron chi connectivity index (χ1n) is 13.2. The molecular weight excluding hydrogens is 585 g/mol. The number of benzene rings is 4. The van der Waals surface area contributed by atoms with Gasteiger partial charge in [0.05, 0.1) is 16.6 Å². The average Bonchev–Trinajstić information content (AvgIpc) is 2.97. The summed E-state index contributed by atoms with van der Waals surface area (Å²) in [5.41, 5.74) is 2.87. The van der Waals surface area contributed by atoms with Crippen LogP contribution in [0.5, 0.6) is 0 Å². The average molecular weight is 610 g/mol. The van der Waals surface area contributed by atoms with Gasteiger partial charge in [-0.15, -0.1) is 0 Å². The standard InChI is InChI=1S/C32H24F5N3O4/c1-40-25-12-11-16(15-38)13-21(25)28(32(35,36)37)26(30(40)42)20-8-3-6-18-17(5-2-7-19(18)20)14-24(31(43)44)39-29(41)27-22(33)9-4-10-23(27)34/h2-13,24H,14-15,38H2,1H3,(H,39,41)(H,43,44). The zero-order valence-electron chi connectivity index (χ0n) is 23.0. The summed E-state index contributed by atoms with van der Waals surface area (Å²) in [5.74, 6) is -5.17. The van der Waals surface area contributed by atoms with Gasteiger partial charge in [-0.05, 0) is 51.7 Å². The lowest BCUT2D eigenvalue weighted by atomic mass is 9.90. The number of pyridine rings is 1. The van der Waals surface area contributed by atoms with Crippen molar-refractivity contribution >= 4 is 33.6 Å². The molecule has 12 heteroatoms. The van der Waals surface area contributed by atoms with Crippen molar-refractivity contribution in [2.45, 2.75) is 25.2 Å². The fraction of sp³-hybridized carbons (Fsp3) is 0.156. The summed E-state index contributed by atoms with van der Waals surface area (Å²) in [6.45, 7) is -0.0200. The van der Waals surface area contributed by atoms with Crippen molar-refractivity contribution in [2.75, 3.05) is 0 Å². The molecule has 5 aromatic rings. The molecular formula is C32H24F5N3O4. The monoisotopic (exact) mass is 609 g/mol. The Morgan fingerprint density at radius 2 is 1.57 bits per heavy atom. The minimum absolute atomic E-state index is 0.0200. The van der Waals surface area contributed by atoms with E-state index in [1.165, 1.54) is 55.6 Å². The number of hydrogen-bond donors (Lipinski definition) is 3. The van der Waals surface area contributed by atoms with E-state index in [0.29, 0.717) is 16.5 Å². The first-order valence-corrected chi connectivity index (χ1v) is 13.2. The third kappa shape index (κ3) is 5.39. The van der Waals surface area contributed by atoms with Gasteiger partial charge in [0, 0.05) is 25.4 Å². The largest absolute Gasteiger partial charge is 0.480 e. The normalized spacial score (nSPS) is 12.4. The first-order chi connectivity index (χ1) is 20.8. The van der Waals surface area contributed by atoms with Crippen LogP contribution in [0.15, 0.2) is 77.6 Å². The third-order valence-electron chi connectivity index (χ3n) is 7.48. The molecule has 0 spiro atoms. The molecule has 5 rings (SSSR count). The summed E-state index contributed by atoms with van der Waals surface area (Å²) in [5, 5.41) is 12.3. The lowest BCUT2D eigenvalue weighted by Crippen LogP contribution is -2.43. The molecule has 1 heterocycles. The molecule has 44 heavy (non-hydrogen) atoms. The van der Waals surface area contributed by atoms with Gasteiger partial charge in [0.15, 0.2) is 0 Å². The Morgan fingerprint density at radius 1 is 0.932 bits per heavy atom. The fourth-order valence-electron chi connectivity index (χ4n) is 5.40. The maximum atomic E-state index is 14.7. The van der Waals surface area contributed by atoms with E-state index in [-0.39, 0.29) is 34.8 Å². The van der Waals surface area contributed by atoms with Gasteiger partial charge in [0.25, 0.3) is 11.5 Å². The number of nitrogens with zero attached hydrogens (tertiary/aromatic N) is 1. The van der Waals surface area contributed by atoms with E-state index in [2.05, 4.69) is 5.32 Å². The number of carboxylic acids is 1. The van der Waals surface area contributed by atoms with Crippen molar-refractivity contribution in [3.8, 4) is 11.1 Å². The van der Waals surface area contributed by atoms with Gasteiger partial charge in [-0.2, -0.15) is 13.2 Å². The van der Waals surface area contributed by atoms with Crippen LogP contribution in [0.1, 0.15) is 27.0 Å². The lowest BCUT2D eigenvalue weighted by molar-refractivity contribution is -0.139. The van der Waals surface area contributed by atoms with Crippen LogP contribution in [-0.4, -0.2) is 27.6 Å². The topological polar surface area (TPSA) is 114 Å². The minimum Gasteiger partial charge on any atom is -0.480 e. The Bertz CT molecular complexity index is 2000. The zero-order valence-corrected chi connectivity index (χ0v) is 23.0. The predicted molar refractivity (Wildman–Crippen MR) is 154 cm³/mol. The van der Waals surface area contributed by atoms with Crippen molar-refractivity contribution in [1.29, 1.82) is 0 Å². The number of nitrogens with two attached hydrogens (primary N) is 1. The van der Waals surface area contributed by atoms with Crippen LogP contribution < -0.4 is 16.6 Å². The number of amides is 1. The Kier molecular flexibility index (Phi) is 7.96. The van der Waals surface area contributed by atoms with Gasteiger partial charge in [0.2, 0.25) is 0 Å². The van der Waals surface area contributed by atoms with E-state index in [1.54, 1.807) is 6.07 Å². The Labute approximate surface area is 246 Å². The summed E-state index contributed by atoms with van der Waals surface area (Å²) in [4.78, 5) is 38.3. The van der Waals surface area contributed by atoms with E-state index < -0.39 is 58.0 Å². The van der Waals surface area contributed by atoms with Crippen LogP contribution in [0.3, 0.4) is 0 Å². The maximum Gasteiger partial charge on any atom is 0.417 e. The fourth-order valence-corrected chi connectivity index (χ4v) is 5.40. The summed E-state index contributed by atoms with van der Waals surface area (Å²) in [6, 6.07) is 14.2. The number of nitrogens with one attached hydrogen (secondary N) is 1. The number of aliphatic carboxylic acids is 1. The molecule has 1 aromatic heterocycles. The molecule has 4 N–H and O–H groups in total. The molecule has 0 saturated heterocycles. The molecule has 1 unspecified atom stereocenters. The van der Waals surface area contributed by atoms with Crippen molar-refractivity contribution < 1.29 is 36.6 Å². The Balaban J connectivity index is 1.67. The number of hydrogen-bond acceptors (Lipinski definition) is 4. The van der Waals surface area contributed by atoms with Gasteiger partial charge in [0.1, 0.15) is 23.2 Å². The van der Waals surface area contributed by atoms with E-state index in [1.807, 2.05) is 0 Å². The van der Waals surface area contributed by atoms with E-state index in [0.717, 1.165) is 22.8 Å². The molecule has 0 aliphatic carbocycles. The quantitative estimate of drug-likeness (QED) is 0.210. The van der Waals surface area contributed by atoms with Crippen LogP contribution in [0.2, 0.25) is 0 Å². The molecule has 0 saturated carbocycles. The molecule has 0 radical (unpaired) electrons. The number of aromatic nitrogens is 1. The SMILES string of the molecule is Cn1c(=O)c(-c2cccc3c(CC(NC(=O)c4c(F)cccc4F)C(=O)O)cccc23)c(C(F)(F)F)c2cc(CN)ccc21. The highest BCUT2D eigenvalue weighted by Gasteiger charge is 2.38. The van der Waals surface area contributed by atoms with Gasteiger partial charge in [-0.1, -0.05) is 48.5 Å². The second-order valence-corrected chi connectivity index (χ2v) is 10.2. The molecule has 7 nitrogen and oxygen atoms in total. The molecule has 0 bridgehead atoms. The number of carbonyl (C=O) groups is 2. The highest BCUT2D eigenvalue weighted by atomic mass is 19.4. The lowest BCUT2D eigenvalue weighted by Gasteiger charge is -2.20. The van der Waals surface area contributed by atoms with Gasteiger partial charge >= 0.3 is 12.1 Å². The molecule has 1 atom stereocenters. The van der Waals surface area contributed by atoms with E-state index >= 15 is 0 Å². The number of halogens is 5. The van der Waals surface area contributed by atoms with E-state index in [9.17, 15) is 41.4 Å². The molecule has 0 aliphatic heterocycles. The second-order valence-electron chi connectivity index (χ2n) is 10.2. The summed E-state index contributed by atoms with van der Waals surface area (Å²) in [6.07, 6.45) is -5.33. The molecule has 1 amide bonds. The summed E-state index contributed by atoms with van der Waals surface area (Å²) >= 11 is 0. The van der Waals surface area contributed by atoms with Gasteiger partial charge < -0.3 is 20.7 Å². The maximum absolute atomic E-state index is 14.7. The number of carbonyl (C=O) groups excluding carboxylic acids is 1. The third-order valence-corrected chi connectivity index (χ3v) is 7.48. The molecule has 0 aliphatic rings. The van der Waals surface area contributed by atoms with Crippen LogP contribution in [-0.2, 0) is 31.0 Å². The Hall–Kier alpha value is -5.10. The number of aryl methyl sites for hydroxylation is 1. The highest BCUT2D eigenvalue weighted by Crippen LogP contribution is 2.42. The molecule has 4 aromatic carbocycles. The van der Waals surface area contributed by atoms with Gasteiger partial charge in [-0.25, -0.2) is 13.6 Å². The van der Waals surface area contributed by atoms with Gasteiger partial charge in [-0.3, -0.25) is 9.59 Å². The van der Waals surface area contributed by atoms with E-state index in [4.69, 9.17) is 5.73 Å². The summed E-state index contributed by atoms with van der Waals surface area (Å²) < 4.78 is 73.6. The summed E-state index contributed by atoms with van der Waals surface area (Å²) in [7, 11) is 1.37.